The first-order valence-corrected chi connectivity index (χ1v) is 7.18. The van der Waals surface area contributed by atoms with Crippen molar-refractivity contribution in [1.29, 1.82) is 0 Å². The van der Waals surface area contributed by atoms with Crippen LogP contribution < -0.4 is 10.2 Å². The quantitative estimate of drug-likeness (QED) is 0.856. The largest absolute Gasteiger partial charge is 0.339 e. The Hall–Kier alpha value is -1.94. The summed E-state index contributed by atoms with van der Waals surface area (Å²) in [5.41, 5.74) is 2.19. The van der Waals surface area contributed by atoms with E-state index >= 15 is 0 Å². The van der Waals surface area contributed by atoms with Gasteiger partial charge in [0.05, 0.1) is 5.69 Å². The van der Waals surface area contributed by atoms with Gasteiger partial charge in [-0.1, -0.05) is 13.0 Å². The van der Waals surface area contributed by atoms with Crippen molar-refractivity contribution in [2.24, 2.45) is 0 Å². The predicted octanol–water partition coefficient (Wildman–Crippen LogP) is 4.23. The Labute approximate surface area is 124 Å². The lowest BCUT2D eigenvalue weighted by atomic mass is 10.1. The monoisotopic (exact) mass is 290 g/mol. The third-order valence-electron chi connectivity index (χ3n) is 3.34. The Balaban J connectivity index is 2.27. The fourth-order valence-corrected chi connectivity index (χ4v) is 2.26. The standard InChI is InChI=1S/C17H20F2N2/c1-3-20-12-13-5-10-17(16(19)11-13)21(4-2)15-8-6-14(18)7-9-15/h5-11,20H,3-4,12H2,1-2H3. The molecule has 0 aliphatic carbocycles. The van der Waals surface area contributed by atoms with E-state index in [0.29, 0.717) is 18.8 Å². The van der Waals surface area contributed by atoms with Crippen LogP contribution in [0.2, 0.25) is 0 Å². The highest BCUT2D eigenvalue weighted by molar-refractivity contribution is 5.64. The molecule has 0 fully saturated rings. The summed E-state index contributed by atoms with van der Waals surface area (Å²) in [4.78, 5) is 1.83. The lowest BCUT2D eigenvalue weighted by molar-refractivity contribution is 0.619. The molecule has 1 N–H and O–H groups in total. The predicted molar refractivity (Wildman–Crippen MR) is 82.9 cm³/mol. The second kappa shape index (κ2) is 7.18. The van der Waals surface area contributed by atoms with Crippen LogP contribution >= 0.6 is 0 Å². The Morgan fingerprint density at radius 3 is 2.29 bits per heavy atom. The van der Waals surface area contributed by atoms with Crippen LogP contribution in [0.15, 0.2) is 42.5 Å². The fraction of sp³-hybridized carbons (Fsp3) is 0.294. The molecule has 4 heteroatoms. The molecule has 2 rings (SSSR count). The molecule has 112 valence electrons. The number of rotatable bonds is 6. The molecule has 0 bridgehead atoms. The van der Waals surface area contributed by atoms with E-state index in [9.17, 15) is 8.78 Å². The van der Waals surface area contributed by atoms with E-state index in [1.165, 1.54) is 12.1 Å². The van der Waals surface area contributed by atoms with Crippen molar-refractivity contribution in [2.75, 3.05) is 18.0 Å². The first-order valence-electron chi connectivity index (χ1n) is 7.18. The van der Waals surface area contributed by atoms with E-state index in [-0.39, 0.29) is 11.6 Å². The second-order valence-corrected chi connectivity index (χ2v) is 4.79. The zero-order valence-electron chi connectivity index (χ0n) is 12.4. The number of anilines is 2. The van der Waals surface area contributed by atoms with Crippen molar-refractivity contribution in [3.05, 3.63) is 59.7 Å². The van der Waals surface area contributed by atoms with Crippen molar-refractivity contribution in [3.8, 4) is 0 Å². The Morgan fingerprint density at radius 2 is 1.71 bits per heavy atom. The molecular formula is C17H20F2N2. The molecule has 0 radical (unpaired) electrons. The van der Waals surface area contributed by atoms with E-state index < -0.39 is 0 Å². The second-order valence-electron chi connectivity index (χ2n) is 4.79. The van der Waals surface area contributed by atoms with E-state index in [1.54, 1.807) is 24.3 Å². The SMILES string of the molecule is CCNCc1ccc(N(CC)c2ccc(F)cc2)c(F)c1. The molecule has 0 spiro atoms. The lowest BCUT2D eigenvalue weighted by Gasteiger charge is -2.24. The van der Waals surface area contributed by atoms with E-state index in [2.05, 4.69) is 5.32 Å². The van der Waals surface area contributed by atoms with Gasteiger partial charge in [0.15, 0.2) is 0 Å². The summed E-state index contributed by atoms with van der Waals surface area (Å²) >= 11 is 0. The molecule has 0 saturated carbocycles. The lowest BCUT2D eigenvalue weighted by Crippen LogP contribution is -2.18. The normalized spacial score (nSPS) is 10.7. The average Bonchev–Trinajstić information content (AvgIpc) is 2.49. The van der Waals surface area contributed by atoms with Gasteiger partial charge in [-0.15, -0.1) is 0 Å². The number of hydrogen-bond donors (Lipinski definition) is 1. The Morgan fingerprint density at radius 1 is 1.00 bits per heavy atom. The van der Waals surface area contributed by atoms with Crippen molar-refractivity contribution in [2.45, 2.75) is 20.4 Å². The molecule has 0 aliphatic heterocycles. The molecule has 2 aromatic rings. The maximum atomic E-state index is 14.3. The van der Waals surface area contributed by atoms with Gasteiger partial charge in [0, 0.05) is 18.8 Å². The topological polar surface area (TPSA) is 15.3 Å². The fourth-order valence-electron chi connectivity index (χ4n) is 2.26. The molecule has 0 atom stereocenters. The maximum absolute atomic E-state index is 14.3. The molecule has 21 heavy (non-hydrogen) atoms. The molecule has 0 aliphatic rings. The van der Waals surface area contributed by atoms with Gasteiger partial charge in [-0.2, -0.15) is 0 Å². The summed E-state index contributed by atoms with van der Waals surface area (Å²) in [6, 6.07) is 11.3. The number of halogens is 2. The summed E-state index contributed by atoms with van der Waals surface area (Å²) in [5.74, 6) is -0.562. The third-order valence-corrected chi connectivity index (χ3v) is 3.34. The Kier molecular flexibility index (Phi) is 5.28. The number of hydrogen-bond acceptors (Lipinski definition) is 2. The average molecular weight is 290 g/mol. The summed E-state index contributed by atoms with van der Waals surface area (Å²) in [7, 11) is 0. The minimum atomic E-state index is -0.295. The van der Waals surface area contributed by atoms with Gasteiger partial charge in [0.2, 0.25) is 0 Å². The minimum absolute atomic E-state index is 0.267. The van der Waals surface area contributed by atoms with Crippen LogP contribution in [0.4, 0.5) is 20.2 Å². The van der Waals surface area contributed by atoms with Crippen LogP contribution in [0.25, 0.3) is 0 Å². The summed E-state index contributed by atoms with van der Waals surface area (Å²) in [6.45, 7) is 6.05. The molecular weight excluding hydrogens is 270 g/mol. The van der Waals surface area contributed by atoms with Crippen molar-refractivity contribution < 1.29 is 8.78 Å². The maximum Gasteiger partial charge on any atom is 0.147 e. The van der Waals surface area contributed by atoms with Crippen LogP contribution in [-0.4, -0.2) is 13.1 Å². The molecule has 0 saturated heterocycles. The first kappa shape index (κ1) is 15.4. The van der Waals surface area contributed by atoms with Gasteiger partial charge in [0.25, 0.3) is 0 Å². The van der Waals surface area contributed by atoms with E-state index in [0.717, 1.165) is 17.8 Å². The zero-order chi connectivity index (χ0) is 15.2. The zero-order valence-corrected chi connectivity index (χ0v) is 12.4. The minimum Gasteiger partial charge on any atom is -0.339 e. The van der Waals surface area contributed by atoms with Crippen LogP contribution in [0.3, 0.4) is 0 Å². The van der Waals surface area contributed by atoms with E-state index in [1.807, 2.05) is 24.8 Å². The van der Waals surface area contributed by atoms with Crippen molar-refractivity contribution in [3.63, 3.8) is 0 Å². The van der Waals surface area contributed by atoms with Gasteiger partial charge < -0.3 is 10.2 Å². The summed E-state index contributed by atoms with van der Waals surface area (Å²) in [5, 5.41) is 3.17. The summed E-state index contributed by atoms with van der Waals surface area (Å²) in [6.07, 6.45) is 0. The number of benzene rings is 2. The molecule has 0 amide bonds. The molecule has 0 aromatic heterocycles. The van der Waals surface area contributed by atoms with Crippen molar-refractivity contribution in [1.82, 2.24) is 5.32 Å². The molecule has 0 unspecified atom stereocenters. The van der Waals surface area contributed by atoms with Gasteiger partial charge in [-0.3, -0.25) is 0 Å². The third kappa shape index (κ3) is 3.79. The van der Waals surface area contributed by atoms with Crippen LogP contribution in [-0.2, 0) is 6.54 Å². The number of nitrogens with zero attached hydrogens (tertiary/aromatic N) is 1. The highest BCUT2D eigenvalue weighted by Gasteiger charge is 2.12. The van der Waals surface area contributed by atoms with Crippen LogP contribution in [0.1, 0.15) is 19.4 Å². The Bertz CT molecular complexity index is 582. The van der Waals surface area contributed by atoms with Crippen molar-refractivity contribution >= 4 is 11.4 Å². The van der Waals surface area contributed by atoms with Crippen LogP contribution in [0, 0.1) is 11.6 Å². The van der Waals surface area contributed by atoms with Gasteiger partial charge in [-0.05, 0) is 55.4 Å². The van der Waals surface area contributed by atoms with Gasteiger partial charge in [-0.25, -0.2) is 8.78 Å². The van der Waals surface area contributed by atoms with Gasteiger partial charge >= 0.3 is 0 Å². The molecule has 2 nitrogen and oxygen atoms in total. The first-order chi connectivity index (χ1) is 10.2. The highest BCUT2D eigenvalue weighted by Crippen LogP contribution is 2.28. The summed E-state index contributed by atoms with van der Waals surface area (Å²) < 4.78 is 27.3. The highest BCUT2D eigenvalue weighted by atomic mass is 19.1. The smallest absolute Gasteiger partial charge is 0.147 e. The molecule has 0 heterocycles. The van der Waals surface area contributed by atoms with E-state index in [4.69, 9.17) is 0 Å². The van der Waals surface area contributed by atoms with Crippen LogP contribution in [0.5, 0.6) is 0 Å². The number of nitrogens with one attached hydrogen (secondary N) is 1. The molecule has 2 aromatic carbocycles. The van der Waals surface area contributed by atoms with Gasteiger partial charge in [0.1, 0.15) is 11.6 Å².